The van der Waals surface area contributed by atoms with Crippen molar-refractivity contribution in [2.45, 2.75) is 38.6 Å². The largest absolute Gasteiger partial charge is 0.357 e. The molecule has 2 N–H and O–H groups in total. The second-order valence-corrected chi connectivity index (χ2v) is 7.89. The molecule has 5 nitrogen and oxygen atoms in total. The molecule has 1 aromatic heterocycles. The molecule has 2 aromatic rings. The number of aliphatic imine (C=N–C) groups is 1. The predicted molar refractivity (Wildman–Crippen MR) is 113 cm³/mol. The molecule has 0 spiro atoms. The van der Waals surface area contributed by atoms with Crippen LogP contribution in [0.3, 0.4) is 0 Å². The van der Waals surface area contributed by atoms with Gasteiger partial charge in [-0.3, -0.25) is 4.99 Å². The summed E-state index contributed by atoms with van der Waals surface area (Å²) in [5.74, 6) is 1.57. The summed E-state index contributed by atoms with van der Waals surface area (Å²) in [5.41, 5.74) is 1.91. The van der Waals surface area contributed by atoms with Gasteiger partial charge >= 0.3 is 0 Å². The first kappa shape index (κ1) is 20.1. The van der Waals surface area contributed by atoms with E-state index in [2.05, 4.69) is 45.4 Å². The van der Waals surface area contributed by atoms with Crippen molar-refractivity contribution in [2.24, 2.45) is 4.99 Å². The first-order valence-corrected chi connectivity index (χ1v) is 9.88. The highest BCUT2D eigenvalue weighted by atomic mass is 19.1. The smallest absolute Gasteiger partial charge is 0.191 e. The molecule has 6 heteroatoms. The van der Waals surface area contributed by atoms with E-state index in [1.807, 2.05) is 18.3 Å². The van der Waals surface area contributed by atoms with Crippen LogP contribution in [-0.2, 0) is 12.0 Å². The normalized spacial score (nSPS) is 15.0. The summed E-state index contributed by atoms with van der Waals surface area (Å²) in [6.45, 7) is 7.67. The lowest BCUT2D eigenvalue weighted by molar-refractivity contribution is 0.503. The molecular formula is C22H30FN5. The van der Waals surface area contributed by atoms with Gasteiger partial charge in [-0.2, -0.15) is 0 Å². The minimum Gasteiger partial charge on any atom is -0.357 e. The van der Waals surface area contributed by atoms with Gasteiger partial charge in [0.15, 0.2) is 5.96 Å². The monoisotopic (exact) mass is 383 g/mol. The fraction of sp³-hybridized carbons (Fsp3) is 0.455. The quantitative estimate of drug-likeness (QED) is 0.592. The molecule has 1 fully saturated rings. The van der Waals surface area contributed by atoms with Crippen molar-refractivity contribution in [1.82, 2.24) is 15.6 Å². The summed E-state index contributed by atoms with van der Waals surface area (Å²) >= 11 is 0. The first-order chi connectivity index (χ1) is 13.5. The maximum absolute atomic E-state index is 13.6. The molecule has 28 heavy (non-hydrogen) atoms. The Labute approximate surface area is 167 Å². The number of aromatic nitrogens is 1. The maximum Gasteiger partial charge on any atom is 0.191 e. The van der Waals surface area contributed by atoms with Crippen LogP contribution in [0.25, 0.3) is 0 Å². The second-order valence-electron chi connectivity index (χ2n) is 7.89. The van der Waals surface area contributed by atoms with Crippen LogP contribution in [0, 0.1) is 5.82 Å². The Morgan fingerprint density at radius 1 is 1.18 bits per heavy atom. The number of hydrogen-bond acceptors (Lipinski definition) is 3. The van der Waals surface area contributed by atoms with E-state index in [9.17, 15) is 4.39 Å². The molecule has 0 aliphatic carbocycles. The van der Waals surface area contributed by atoms with Crippen LogP contribution < -0.4 is 15.5 Å². The Bertz CT molecular complexity index is 812. The SMILES string of the molecule is CN=C(NCc1ccnc(N2CCCC2)c1)NCC(C)(C)c1cccc(F)c1. The molecule has 1 aliphatic rings. The van der Waals surface area contributed by atoms with Gasteiger partial charge in [0.1, 0.15) is 11.6 Å². The van der Waals surface area contributed by atoms with Gasteiger partial charge in [-0.15, -0.1) is 0 Å². The van der Waals surface area contributed by atoms with Gasteiger partial charge in [-0.05, 0) is 48.2 Å². The van der Waals surface area contributed by atoms with Crippen LogP contribution >= 0.6 is 0 Å². The van der Waals surface area contributed by atoms with E-state index < -0.39 is 0 Å². The summed E-state index contributed by atoms with van der Waals surface area (Å²) < 4.78 is 13.6. The van der Waals surface area contributed by atoms with Gasteiger partial charge in [0.25, 0.3) is 0 Å². The molecule has 3 rings (SSSR count). The topological polar surface area (TPSA) is 52.6 Å². The zero-order valence-corrected chi connectivity index (χ0v) is 17.0. The van der Waals surface area contributed by atoms with Gasteiger partial charge in [0.05, 0.1) is 0 Å². The second kappa shape index (κ2) is 9.04. The van der Waals surface area contributed by atoms with Crippen molar-refractivity contribution < 1.29 is 4.39 Å². The van der Waals surface area contributed by atoms with E-state index in [4.69, 9.17) is 0 Å². The Morgan fingerprint density at radius 2 is 1.96 bits per heavy atom. The summed E-state index contributed by atoms with van der Waals surface area (Å²) in [6, 6.07) is 10.9. The van der Waals surface area contributed by atoms with Crippen LogP contribution in [0.1, 0.15) is 37.8 Å². The average molecular weight is 384 g/mol. The molecule has 150 valence electrons. The van der Waals surface area contributed by atoms with Crippen molar-refractivity contribution >= 4 is 11.8 Å². The highest BCUT2D eigenvalue weighted by Gasteiger charge is 2.21. The van der Waals surface area contributed by atoms with Crippen molar-refractivity contribution in [2.75, 3.05) is 31.6 Å². The fourth-order valence-electron chi connectivity index (χ4n) is 3.41. The Kier molecular flexibility index (Phi) is 6.49. The summed E-state index contributed by atoms with van der Waals surface area (Å²) in [5, 5.41) is 6.72. The molecule has 0 bridgehead atoms. The molecule has 0 amide bonds. The number of rotatable bonds is 6. The molecule has 0 saturated carbocycles. The van der Waals surface area contributed by atoms with Crippen LogP contribution in [0.15, 0.2) is 47.6 Å². The number of nitrogens with zero attached hydrogens (tertiary/aromatic N) is 3. The number of benzene rings is 1. The van der Waals surface area contributed by atoms with Gasteiger partial charge in [-0.25, -0.2) is 9.37 Å². The molecular weight excluding hydrogens is 353 g/mol. The fourth-order valence-corrected chi connectivity index (χ4v) is 3.41. The highest BCUT2D eigenvalue weighted by Crippen LogP contribution is 2.23. The highest BCUT2D eigenvalue weighted by molar-refractivity contribution is 5.79. The minimum absolute atomic E-state index is 0.209. The molecule has 2 heterocycles. The standard InChI is InChI=1S/C22H30FN5/c1-22(2,18-7-6-8-19(23)14-18)16-27-21(24-3)26-15-17-9-10-25-20(13-17)28-11-4-5-12-28/h6-10,13-14H,4-5,11-12,15-16H2,1-3H3,(H2,24,26,27). The predicted octanol–water partition coefficient (Wildman–Crippen LogP) is 3.46. The molecule has 1 saturated heterocycles. The summed E-state index contributed by atoms with van der Waals surface area (Å²) in [4.78, 5) is 11.1. The third kappa shape index (κ3) is 5.21. The van der Waals surface area contributed by atoms with Crippen molar-refractivity contribution in [3.8, 4) is 0 Å². The zero-order chi connectivity index (χ0) is 20.0. The molecule has 0 radical (unpaired) electrons. The maximum atomic E-state index is 13.6. The van der Waals surface area contributed by atoms with Crippen LogP contribution in [0.5, 0.6) is 0 Å². The van der Waals surface area contributed by atoms with E-state index in [1.54, 1.807) is 19.2 Å². The van der Waals surface area contributed by atoms with Gasteiger partial charge in [0, 0.05) is 44.8 Å². The Balaban J connectivity index is 1.55. The van der Waals surface area contributed by atoms with Crippen LogP contribution in [0.2, 0.25) is 0 Å². The number of hydrogen-bond donors (Lipinski definition) is 2. The van der Waals surface area contributed by atoms with E-state index in [-0.39, 0.29) is 11.2 Å². The Hall–Kier alpha value is -2.63. The first-order valence-electron chi connectivity index (χ1n) is 9.88. The van der Waals surface area contributed by atoms with Gasteiger partial charge in [0.2, 0.25) is 0 Å². The lowest BCUT2D eigenvalue weighted by Gasteiger charge is -2.27. The number of anilines is 1. The van der Waals surface area contributed by atoms with E-state index in [0.29, 0.717) is 13.1 Å². The lowest BCUT2D eigenvalue weighted by Crippen LogP contribution is -2.43. The molecule has 0 atom stereocenters. The van der Waals surface area contributed by atoms with Crippen molar-refractivity contribution in [1.29, 1.82) is 0 Å². The van der Waals surface area contributed by atoms with Crippen LogP contribution in [0.4, 0.5) is 10.2 Å². The van der Waals surface area contributed by atoms with Crippen molar-refractivity contribution in [3.05, 3.63) is 59.5 Å². The number of pyridine rings is 1. The summed E-state index contributed by atoms with van der Waals surface area (Å²) in [7, 11) is 1.76. The van der Waals surface area contributed by atoms with Crippen LogP contribution in [-0.4, -0.2) is 37.6 Å². The van der Waals surface area contributed by atoms with E-state index >= 15 is 0 Å². The molecule has 0 unspecified atom stereocenters. The van der Waals surface area contributed by atoms with E-state index in [1.165, 1.54) is 24.5 Å². The van der Waals surface area contributed by atoms with Crippen molar-refractivity contribution in [3.63, 3.8) is 0 Å². The minimum atomic E-state index is -0.223. The molecule has 1 aromatic carbocycles. The number of halogens is 1. The van der Waals surface area contributed by atoms with E-state index in [0.717, 1.165) is 30.4 Å². The third-order valence-electron chi connectivity index (χ3n) is 5.23. The van der Waals surface area contributed by atoms with Gasteiger partial charge < -0.3 is 15.5 Å². The number of nitrogens with one attached hydrogen (secondary N) is 2. The lowest BCUT2D eigenvalue weighted by atomic mass is 9.84. The summed E-state index contributed by atoms with van der Waals surface area (Å²) in [6.07, 6.45) is 4.34. The Morgan fingerprint density at radius 3 is 2.68 bits per heavy atom. The zero-order valence-electron chi connectivity index (χ0n) is 17.0. The number of guanidine groups is 1. The molecule has 1 aliphatic heterocycles. The average Bonchev–Trinajstić information content (AvgIpc) is 3.23. The third-order valence-corrected chi connectivity index (χ3v) is 5.23. The van der Waals surface area contributed by atoms with Gasteiger partial charge in [-0.1, -0.05) is 26.0 Å².